The van der Waals surface area contributed by atoms with Crippen LogP contribution < -0.4 is 4.90 Å². The Morgan fingerprint density at radius 2 is 2.08 bits per heavy atom. The lowest BCUT2D eigenvalue weighted by Gasteiger charge is -2.24. The van der Waals surface area contributed by atoms with E-state index in [1.54, 1.807) is 0 Å². The van der Waals surface area contributed by atoms with E-state index in [9.17, 15) is 9.65 Å². The van der Waals surface area contributed by atoms with E-state index in [0.717, 1.165) is 61.0 Å². The van der Waals surface area contributed by atoms with Gasteiger partial charge in [0.25, 0.3) is 0 Å². The Bertz CT molecular complexity index is 1050. The van der Waals surface area contributed by atoms with Gasteiger partial charge < -0.3 is 4.90 Å². The molecule has 0 N–H and O–H groups in total. The quantitative estimate of drug-likeness (QED) is 0.718. The maximum atomic E-state index is 12.8. The van der Waals surface area contributed by atoms with Gasteiger partial charge in [-0.1, -0.05) is 12.1 Å². The number of aromatic nitrogens is 2. The van der Waals surface area contributed by atoms with Crippen LogP contribution in [0.3, 0.4) is 0 Å². The van der Waals surface area contributed by atoms with E-state index < -0.39 is 0 Å². The molecule has 26 heavy (non-hydrogen) atoms. The van der Waals surface area contributed by atoms with Crippen LogP contribution >= 0.6 is 0 Å². The molecular weight excluding hydrogens is 327 g/mol. The van der Waals surface area contributed by atoms with E-state index >= 15 is 0 Å². The summed E-state index contributed by atoms with van der Waals surface area (Å²) in [6.45, 7) is 1.60. The highest BCUT2D eigenvalue weighted by Gasteiger charge is 2.31. The first-order valence-corrected chi connectivity index (χ1v) is 9.47. The van der Waals surface area contributed by atoms with Gasteiger partial charge in [0.15, 0.2) is 5.65 Å². The molecule has 5 heteroatoms. The van der Waals surface area contributed by atoms with Gasteiger partial charge in [-0.05, 0) is 61.3 Å². The van der Waals surface area contributed by atoms with Crippen molar-refractivity contribution in [2.75, 3.05) is 24.7 Å². The van der Waals surface area contributed by atoms with Gasteiger partial charge in [0.05, 0.1) is 23.3 Å². The largest absolute Gasteiger partial charge is 0.357 e. The molecule has 1 aliphatic carbocycles. The fraction of sp³-hybridized carbons (Fsp3) is 0.429. The Morgan fingerprint density at radius 3 is 2.92 bits per heavy atom. The number of alkyl halides is 1. The summed E-state index contributed by atoms with van der Waals surface area (Å²) in [6.07, 6.45) is 4.72. The zero-order chi connectivity index (χ0) is 17.7. The summed E-state index contributed by atoms with van der Waals surface area (Å²) in [6, 6.07) is 10.5. The predicted octanol–water partition coefficient (Wildman–Crippen LogP) is 4.03. The van der Waals surface area contributed by atoms with E-state index in [2.05, 4.69) is 21.4 Å². The average Bonchev–Trinajstić information content (AvgIpc) is 3.38. The van der Waals surface area contributed by atoms with Crippen molar-refractivity contribution in [1.29, 1.82) is 5.26 Å². The third-order valence-electron chi connectivity index (χ3n) is 6.00. The number of imidazole rings is 1. The number of hydrogen-bond donors (Lipinski definition) is 0. The van der Waals surface area contributed by atoms with Gasteiger partial charge >= 0.3 is 0 Å². The zero-order valence-corrected chi connectivity index (χ0v) is 14.7. The molecule has 0 radical (unpaired) electrons. The van der Waals surface area contributed by atoms with Gasteiger partial charge in [0.1, 0.15) is 11.9 Å². The molecule has 0 amide bonds. The molecule has 1 aromatic carbocycles. The topological polar surface area (TPSA) is 44.3 Å². The lowest BCUT2D eigenvalue weighted by molar-refractivity contribution is 0.405. The van der Waals surface area contributed by atoms with E-state index in [0.29, 0.717) is 12.3 Å². The average molecular weight is 348 g/mol. The molecule has 2 aliphatic rings. The van der Waals surface area contributed by atoms with Gasteiger partial charge in [-0.25, -0.2) is 4.98 Å². The van der Waals surface area contributed by atoms with Crippen LogP contribution in [0.4, 0.5) is 10.2 Å². The van der Waals surface area contributed by atoms with Crippen molar-refractivity contribution in [3.05, 3.63) is 41.0 Å². The summed E-state index contributed by atoms with van der Waals surface area (Å²) in [7, 11) is 0. The molecule has 3 aromatic rings. The second kappa shape index (κ2) is 5.98. The van der Waals surface area contributed by atoms with Gasteiger partial charge in [-0.3, -0.25) is 8.79 Å². The van der Waals surface area contributed by atoms with Crippen molar-refractivity contribution in [3.8, 4) is 6.07 Å². The molecule has 0 spiro atoms. The summed E-state index contributed by atoms with van der Waals surface area (Å²) < 4.78 is 15.0. The Kier molecular flexibility index (Phi) is 3.59. The summed E-state index contributed by atoms with van der Waals surface area (Å²) in [5.74, 6) is 1.61. The third kappa shape index (κ3) is 2.14. The molecule has 3 heterocycles. The number of rotatable bonds is 3. The normalized spacial score (nSPS) is 19.4. The number of fused-ring (bicyclic) bond motifs is 4. The fourth-order valence-electron chi connectivity index (χ4n) is 4.81. The Hall–Kier alpha value is -2.61. The van der Waals surface area contributed by atoms with Gasteiger partial charge in [0, 0.05) is 13.1 Å². The monoisotopic (exact) mass is 348 g/mol. The van der Waals surface area contributed by atoms with Gasteiger partial charge in [0.2, 0.25) is 0 Å². The van der Waals surface area contributed by atoms with Crippen molar-refractivity contribution in [2.24, 2.45) is 5.92 Å². The lowest BCUT2D eigenvalue weighted by Crippen LogP contribution is -2.24. The second-order valence-electron chi connectivity index (χ2n) is 7.46. The van der Waals surface area contributed by atoms with Crippen LogP contribution in [0.2, 0.25) is 0 Å². The Balaban J connectivity index is 1.81. The first-order valence-electron chi connectivity index (χ1n) is 9.47. The minimum Gasteiger partial charge on any atom is -0.357 e. The second-order valence-corrected chi connectivity index (χ2v) is 7.46. The van der Waals surface area contributed by atoms with E-state index in [4.69, 9.17) is 4.98 Å². The van der Waals surface area contributed by atoms with Gasteiger partial charge in [-0.15, -0.1) is 0 Å². The molecule has 4 nitrogen and oxygen atoms in total. The summed E-state index contributed by atoms with van der Waals surface area (Å²) in [5, 5.41) is 9.83. The molecule has 2 aromatic heterocycles. The first-order chi connectivity index (χ1) is 12.8. The molecular formula is C21H21FN4. The number of nitriles is 1. The molecule has 1 unspecified atom stereocenters. The maximum absolute atomic E-state index is 12.8. The SMILES string of the molecule is N#Cc1c2c(c(N3CCC(CCF)C3)n3c1nc1ccccc13)CCC2. The van der Waals surface area contributed by atoms with E-state index in [1.807, 2.05) is 18.2 Å². The molecule has 1 saturated heterocycles. The van der Waals surface area contributed by atoms with Crippen LogP contribution in [0.15, 0.2) is 24.3 Å². The van der Waals surface area contributed by atoms with E-state index in [1.165, 1.54) is 16.9 Å². The number of anilines is 1. The predicted molar refractivity (Wildman–Crippen MR) is 100 cm³/mol. The van der Waals surface area contributed by atoms with Gasteiger partial charge in [-0.2, -0.15) is 5.26 Å². The van der Waals surface area contributed by atoms with Crippen LogP contribution in [-0.4, -0.2) is 29.1 Å². The Morgan fingerprint density at radius 1 is 1.23 bits per heavy atom. The molecule has 0 saturated carbocycles. The van der Waals surface area contributed by atoms with Crippen molar-refractivity contribution in [3.63, 3.8) is 0 Å². The van der Waals surface area contributed by atoms with Crippen molar-refractivity contribution in [2.45, 2.75) is 32.1 Å². The summed E-state index contributed by atoms with van der Waals surface area (Å²) >= 11 is 0. The van der Waals surface area contributed by atoms with Crippen LogP contribution in [0.1, 0.15) is 36.0 Å². The Labute approximate surface area is 151 Å². The number of para-hydroxylation sites is 2. The van der Waals surface area contributed by atoms with E-state index in [-0.39, 0.29) is 6.67 Å². The van der Waals surface area contributed by atoms with Crippen LogP contribution in [0, 0.1) is 17.2 Å². The van der Waals surface area contributed by atoms with Crippen molar-refractivity contribution < 1.29 is 4.39 Å². The summed E-state index contributed by atoms with van der Waals surface area (Å²) in [4.78, 5) is 7.21. The number of benzene rings is 1. The molecule has 5 rings (SSSR count). The van der Waals surface area contributed by atoms with Crippen LogP contribution in [-0.2, 0) is 12.8 Å². The van der Waals surface area contributed by atoms with Crippen molar-refractivity contribution in [1.82, 2.24) is 9.38 Å². The standard InChI is InChI=1S/C21H21FN4/c22-10-8-14-9-11-25(13-14)21-16-5-3-4-15(16)17(12-23)20-24-18-6-1-2-7-19(18)26(20)21/h1-2,6-7,14H,3-5,8-11,13H2. The van der Waals surface area contributed by atoms with Crippen molar-refractivity contribution >= 4 is 22.5 Å². The first kappa shape index (κ1) is 15.6. The highest BCUT2D eigenvalue weighted by atomic mass is 19.1. The maximum Gasteiger partial charge on any atom is 0.157 e. The minimum atomic E-state index is -0.243. The fourth-order valence-corrected chi connectivity index (χ4v) is 4.81. The number of halogens is 1. The molecule has 1 aliphatic heterocycles. The van der Waals surface area contributed by atoms with Crippen LogP contribution in [0.5, 0.6) is 0 Å². The highest BCUT2D eigenvalue weighted by Crippen LogP contribution is 2.40. The molecule has 0 bridgehead atoms. The summed E-state index contributed by atoms with van der Waals surface area (Å²) in [5.41, 5.74) is 5.97. The number of pyridine rings is 1. The molecule has 1 fully saturated rings. The van der Waals surface area contributed by atoms with Crippen LogP contribution in [0.25, 0.3) is 16.7 Å². The zero-order valence-electron chi connectivity index (χ0n) is 14.7. The lowest BCUT2D eigenvalue weighted by atomic mass is 10.0. The third-order valence-corrected chi connectivity index (χ3v) is 6.00. The highest BCUT2D eigenvalue weighted by molar-refractivity contribution is 5.86. The molecule has 1 atom stereocenters. The number of hydrogen-bond acceptors (Lipinski definition) is 3. The number of nitrogens with zero attached hydrogens (tertiary/aromatic N) is 4. The molecule has 132 valence electrons. The minimum absolute atomic E-state index is 0.243. The smallest absolute Gasteiger partial charge is 0.157 e.